The molecule has 4 heterocycles. The number of carbonyl (C=O) groups excluding carboxylic acids is 2. The topological polar surface area (TPSA) is 340 Å². The molecule has 27 heteroatoms. The minimum absolute atomic E-state index is 0.0713. The van der Waals surface area contributed by atoms with Crippen LogP contribution in [0, 0.1) is 11.8 Å². The SMILES string of the molecule is CO.Nc1nc(=O)n([C@@H]2O[C@H](CO)C(O)[C@@H]2O)cc1C#CCNC(=O)C(F)(F)F.Nc1nc(=O)n([C@@H]2O[C@H](CO)C(O)[C@@H]2O)cc1CCCNC(=O)C(F)(F)F. The molecular weight excluding hydrogens is 782 g/mol. The fourth-order valence-electron chi connectivity index (χ4n) is 4.82. The normalized spacial score (nSPS) is 24.5. The number of anilines is 2. The van der Waals surface area contributed by atoms with Gasteiger partial charge in [-0.15, -0.1) is 0 Å². The fourth-order valence-corrected chi connectivity index (χ4v) is 4.82. The molecule has 0 aromatic carbocycles. The van der Waals surface area contributed by atoms with Crippen molar-refractivity contribution in [2.75, 3.05) is 44.9 Å². The summed E-state index contributed by atoms with van der Waals surface area (Å²) in [7, 11) is 1.00. The van der Waals surface area contributed by atoms with Crippen LogP contribution in [0.5, 0.6) is 0 Å². The number of nitrogen functional groups attached to an aromatic ring is 2. The van der Waals surface area contributed by atoms with Gasteiger partial charge < -0.3 is 67.3 Å². The highest BCUT2D eigenvalue weighted by Crippen LogP contribution is 2.30. The molecule has 0 bridgehead atoms. The van der Waals surface area contributed by atoms with Crippen molar-refractivity contribution in [2.24, 2.45) is 0 Å². The van der Waals surface area contributed by atoms with Gasteiger partial charge in [0.2, 0.25) is 0 Å². The molecule has 56 heavy (non-hydrogen) atoms. The molecule has 2 aromatic heterocycles. The number of ether oxygens (including phenoxy) is 2. The third kappa shape index (κ3) is 12.0. The summed E-state index contributed by atoms with van der Waals surface area (Å²) in [5.41, 5.74) is 9.52. The molecule has 2 unspecified atom stereocenters. The molecule has 2 fully saturated rings. The molecular formula is C29H38F6N8O13. The van der Waals surface area contributed by atoms with E-state index in [-0.39, 0.29) is 42.1 Å². The number of alkyl halides is 6. The van der Waals surface area contributed by atoms with Crippen molar-refractivity contribution in [2.45, 2.75) is 74.3 Å². The van der Waals surface area contributed by atoms with Crippen LogP contribution in [0.25, 0.3) is 0 Å². The number of amides is 2. The van der Waals surface area contributed by atoms with Gasteiger partial charge in [-0.2, -0.15) is 36.3 Å². The number of aliphatic hydroxyl groups is 7. The average Bonchev–Trinajstić information content (AvgIpc) is 3.58. The molecule has 0 radical (unpaired) electrons. The lowest BCUT2D eigenvalue weighted by atomic mass is 10.1. The highest BCUT2D eigenvalue weighted by atomic mass is 19.4. The van der Waals surface area contributed by atoms with E-state index >= 15 is 0 Å². The molecule has 2 aliphatic heterocycles. The Labute approximate surface area is 310 Å². The number of aliphatic hydroxyl groups excluding tert-OH is 7. The van der Waals surface area contributed by atoms with Gasteiger partial charge in [0.1, 0.15) is 48.3 Å². The smallest absolute Gasteiger partial charge is 0.400 e. The van der Waals surface area contributed by atoms with Crippen LogP contribution < -0.4 is 33.5 Å². The van der Waals surface area contributed by atoms with E-state index in [1.54, 1.807) is 5.32 Å². The summed E-state index contributed by atoms with van der Waals surface area (Å²) in [6, 6.07) is 0. The summed E-state index contributed by atoms with van der Waals surface area (Å²) >= 11 is 0. The van der Waals surface area contributed by atoms with Gasteiger partial charge in [-0.1, -0.05) is 11.8 Å². The molecule has 2 aliphatic rings. The van der Waals surface area contributed by atoms with Gasteiger partial charge in [0.05, 0.1) is 25.3 Å². The van der Waals surface area contributed by atoms with Crippen molar-refractivity contribution < 1.29 is 81.2 Å². The molecule has 4 rings (SSSR count). The predicted molar refractivity (Wildman–Crippen MR) is 173 cm³/mol. The van der Waals surface area contributed by atoms with Gasteiger partial charge in [-0.25, -0.2) is 9.59 Å². The minimum Gasteiger partial charge on any atom is -0.400 e. The summed E-state index contributed by atoms with van der Waals surface area (Å²) in [5.74, 6) is -0.183. The Morgan fingerprint density at radius 2 is 1.23 bits per heavy atom. The van der Waals surface area contributed by atoms with E-state index in [9.17, 15) is 65.9 Å². The summed E-state index contributed by atoms with van der Waals surface area (Å²) < 4.78 is 84.6. The van der Waals surface area contributed by atoms with Crippen LogP contribution in [0.15, 0.2) is 22.0 Å². The zero-order valence-electron chi connectivity index (χ0n) is 28.8. The van der Waals surface area contributed by atoms with Crippen LogP contribution >= 0.6 is 0 Å². The number of nitrogens with two attached hydrogens (primary N) is 2. The number of rotatable bonds is 9. The monoisotopic (exact) mass is 820 g/mol. The first-order valence-electron chi connectivity index (χ1n) is 15.8. The van der Waals surface area contributed by atoms with Gasteiger partial charge >= 0.3 is 35.5 Å². The van der Waals surface area contributed by atoms with E-state index in [2.05, 4.69) is 21.8 Å². The van der Waals surface area contributed by atoms with Crippen LogP contribution in [0.4, 0.5) is 38.0 Å². The summed E-state index contributed by atoms with van der Waals surface area (Å²) in [4.78, 5) is 52.4. The minimum atomic E-state index is -5.05. The number of aryl methyl sites for hydroxylation is 1. The Bertz CT molecular complexity index is 1830. The number of nitrogens with zero attached hydrogens (tertiary/aromatic N) is 4. The molecule has 21 nitrogen and oxygen atoms in total. The average molecular weight is 821 g/mol. The third-order valence-electron chi connectivity index (χ3n) is 7.61. The van der Waals surface area contributed by atoms with E-state index in [1.165, 1.54) is 11.5 Å². The van der Waals surface area contributed by atoms with E-state index < -0.39 is 104 Å². The molecule has 2 aromatic rings. The molecule has 0 saturated carbocycles. The van der Waals surface area contributed by atoms with Gasteiger partial charge in [0.15, 0.2) is 12.5 Å². The Morgan fingerprint density at radius 1 is 0.786 bits per heavy atom. The molecule has 0 spiro atoms. The fraction of sp³-hybridized carbons (Fsp3) is 0.586. The van der Waals surface area contributed by atoms with E-state index in [4.69, 9.17) is 36.3 Å². The van der Waals surface area contributed by atoms with Gasteiger partial charge in [0, 0.05) is 31.6 Å². The zero-order chi connectivity index (χ0) is 42.7. The lowest BCUT2D eigenvalue weighted by molar-refractivity contribution is -0.173. The number of nitrogens with one attached hydrogen (secondary N) is 2. The largest absolute Gasteiger partial charge is 0.471 e. The lowest BCUT2D eigenvalue weighted by Gasteiger charge is -2.18. The number of hydrogen-bond donors (Lipinski definition) is 11. The molecule has 314 valence electrons. The maximum Gasteiger partial charge on any atom is 0.471 e. The van der Waals surface area contributed by atoms with Crippen LogP contribution in [0.1, 0.15) is 30.0 Å². The molecule has 13 N–H and O–H groups in total. The van der Waals surface area contributed by atoms with E-state index in [1.807, 2.05) is 0 Å². The van der Waals surface area contributed by atoms with Crippen molar-refractivity contribution >= 4 is 23.5 Å². The lowest BCUT2D eigenvalue weighted by Crippen LogP contribution is -2.37. The first kappa shape index (κ1) is 47.2. The quantitative estimate of drug-likeness (QED) is 0.0642. The highest BCUT2D eigenvalue weighted by Gasteiger charge is 2.45. The third-order valence-corrected chi connectivity index (χ3v) is 7.61. The second-order valence-electron chi connectivity index (χ2n) is 11.4. The van der Waals surface area contributed by atoms with Crippen molar-refractivity contribution in [3.05, 3.63) is 44.5 Å². The van der Waals surface area contributed by atoms with Crippen molar-refractivity contribution in [1.82, 2.24) is 29.7 Å². The number of hydrogen-bond acceptors (Lipinski definition) is 17. The number of halogens is 6. The second kappa shape index (κ2) is 20.3. The maximum atomic E-state index is 12.1. The predicted octanol–water partition coefficient (Wildman–Crippen LogP) is -4.88. The molecule has 2 saturated heterocycles. The molecule has 0 aliphatic carbocycles. The second-order valence-corrected chi connectivity index (χ2v) is 11.4. The van der Waals surface area contributed by atoms with Crippen LogP contribution in [0.2, 0.25) is 0 Å². The van der Waals surface area contributed by atoms with E-state index in [0.717, 1.165) is 22.4 Å². The summed E-state index contributed by atoms with van der Waals surface area (Å²) in [6.07, 6.45) is -18.5. The Morgan fingerprint density at radius 3 is 1.68 bits per heavy atom. The van der Waals surface area contributed by atoms with Crippen LogP contribution in [-0.4, -0.2) is 149 Å². The van der Waals surface area contributed by atoms with Crippen molar-refractivity contribution in [3.8, 4) is 11.8 Å². The Kier molecular flexibility index (Phi) is 17.1. The van der Waals surface area contributed by atoms with Crippen LogP contribution in [-0.2, 0) is 25.5 Å². The van der Waals surface area contributed by atoms with Crippen molar-refractivity contribution in [1.29, 1.82) is 0 Å². The highest BCUT2D eigenvalue weighted by molar-refractivity contribution is 5.82. The maximum absolute atomic E-state index is 12.1. The van der Waals surface area contributed by atoms with Gasteiger partial charge in [0.25, 0.3) is 0 Å². The first-order chi connectivity index (χ1) is 26.1. The Hall–Kier alpha value is -4.92. The van der Waals surface area contributed by atoms with Gasteiger partial charge in [-0.05, 0) is 12.8 Å². The Balaban J connectivity index is 0.000000370. The van der Waals surface area contributed by atoms with Crippen LogP contribution in [0.3, 0.4) is 0 Å². The van der Waals surface area contributed by atoms with Gasteiger partial charge in [-0.3, -0.25) is 18.7 Å². The number of carbonyl (C=O) groups is 2. The molecule has 2 amide bonds. The summed E-state index contributed by atoms with van der Waals surface area (Å²) in [5, 5.41) is 67.9. The summed E-state index contributed by atoms with van der Waals surface area (Å²) in [6.45, 7) is -2.13. The first-order valence-corrected chi connectivity index (χ1v) is 15.8. The number of aromatic nitrogens is 4. The van der Waals surface area contributed by atoms with E-state index in [0.29, 0.717) is 0 Å². The zero-order valence-corrected chi connectivity index (χ0v) is 28.8. The standard InChI is InChI=1S/C14H19F3N4O6.C14H15F3N4O6.CH4O/c2*15-14(16,17)12(25)19-3-1-2-6-4-21(13(26)20-10(6)18)11-9(24)8(23)7(5-22)27-11;1-2/h4,7-9,11,22-24H,1-3,5H2,(H,19,25)(H2,18,20,26);4,7-9,11,22-24H,3,5H2,(H,19,25)(H2,18,20,26);2H,1H3/t2*7-,8?,9+,11-;/m11./s1. The molecule has 8 atom stereocenters. The van der Waals surface area contributed by atoms with Crippen molar-refractivity contribution in [3.63, 3.8) is 0 Å².